The van der Waals surface area contributed by atoms with Crippen LogP contribution in [0.1, 0.15) is 22.6 Å². The number of rotatable bonds is 3. The molecule has 0 saturated carbocycles. The van der Waals surface area contributed by atoms with E-state index in [0.717, 1.165) is 32.8 Å². The van der Waals surface area contributed by atoms with E-state index in [4.69, 9.17) is 24.5 Å². The molecular formula is C24H29F6N3O5S. The Morgan fingerprint density at radius 2 is 1.62 bits per heavy atom. The number of pyridine rings is 1. The van der Waals surface area contributed by atoms with Crippen molar-refractivity contribution in [2.24, 2.45) is 5.41 Å². The number of carboxylic acid groups (broad SMARTS) is 2. The van der Waals surface area contributed by atoms with E-state index in [1.54, 1.807) is 0 Å². The van der Waals surface area contributed by atoms with Gasteiger partial charge in [-0.05, 0) is 57.1 Å². The first-order chi connectivity index (χ1) is 18.1. The molecule has 39 heavy (non-hydrogen) atoms. The zero-order valence-corrected chi connectivity index (χ0v) is 21.8. The summed E-state index contributed by atoms with van der Waals surface area (Å²) >= 11 is 1.93. The van der Waals surface area contributed by atoms with Crippen molar-refractivity contribution in [1.82, 2.24) is 9.88 Å². The number of carbonyl (C=O) groups is 2. The third-order valence-corrected chi connectivity index (χ3v) is 7.01. The highest BCUT2D eigenvalue weighted by molar-refractivity contribution is 7.11. The van der Waals surface area contributed by atoms with Crippen LogP contribution in [0.3, 0.4) is 0 Å². The number of nitrogens with zero attached hydrogens (tertiary/aromatic N) is 3. The Hall–Kier alpha value is -2.91. The molecule has 0 amide bonds. The third-order valence-electron chi connectivity index (χ3n) is 6.03. The van der Waals surface area contributed by atoms with Crippen LogP contribution in [0.5, 0.6) is 0 Å². The van der Waals surface area contributed by atoms with Crippen molar-refractivity contribution in [3.8, 4) is 0 Å². The second kappa shape index (κ2) is 13.9. The summed E-state index contributed by atoms with van der Waals surface area (Å²) in [5, 5.41) is 14.2. The Kier molecular flexibility index (Phi) is 11.5. The number of carboxylic acids is 2. The van der Waals surface area contributed by atoms with Gasteiger partial charge < -0.3 is 19.8 Å². The highest BCUT2D eigenvalue weighted by Crippen LogP contribution is 2.36. The fraction of sp³-hybridized carbons (Fsp3) is 0.542. The number of likely N-dealkylation sites (tertiary alicyclic amines) is 1. The summed E-state index contributed by atoms with van der Waals surface area (Å²) in [6.07, 6.45) is -3.91. The second-order valence-electron chi connectivity index (χ2n) is 9.08. The first-order valence-corrected chi connectivity index (χ1v) is 12.5. The first-order valence-electron chi connectivity index (χ1n) is 11.7. The average Bonchev–Trinajstić information content (AvgIpc) is 3.15. The lowest BCUT2D eigenvalue weighted by molar-refractivity contribution is -0.193. The Bertz CT molecular complexity index is 1030. The van der Waals surface area contributed by atoms with E-state index in [0.29, 0.717) is 0 Å². The maximum Gasteiger partial charge on any atom is 0.490 e. The molecule has 2 N–H and O–H groups in total. The van der Waals surface area contributed by atoms with E-state index in [-0.39, 0.29) is 5.41 Å². The van der Waals surface area contributed by atoms with Gasteiger partial charge in [0.2, 0.25) is 0 Å². The molecule has 0 aliphatic carbocycles. The van der Waals surface area contributed by atoms with Gasteiger partial charge in [0, 0.05) is 41.0 Å². The zero-order valence-electron chi connectivity index (χ0n) is 21.0. The minimum atomic E-state index is -5.08. The van der Waals surface area contributed by atoms with Gasteiger partial charge in [0.1, 0.15) is 0 Å². The number of aryl methyl sites for hydroxylation is 1. The van der Waals surface area contributed by atoms with E-state index >= 15 is 0 Å². The number of thiophene rings is 1. The molecule has 4 heterocycles. The Morgan fingerprint density at radius 1 is 1.03 bits per heavy atom. The smallest absolute Gasteiger partial charge is 0.475 e. The van der Waals surface area contributed by atoms with Crippen LogP contribution in [-0.2, 0) is 20.9 Å². The van der Waals surface area contributed by atoms with E-state index < -0.39 is 24.3 Å². The van der Waals surface area contributed by atoms with Gasteiger partial charge in [0.25, 0.3) is 0 Å². The molecule has 2 aliphatic heterocycles. The number of anilines is 1. The second-order valence-corrected chi connectivity index (χ2v) is 10.5. The van der Waals surface area contributed by atoms with Gasteiger partial charge in [-0.2, -0.15) is 26.3 Å². The molecule has 15 heteroatoms. The van der Waals surface area contributed by atoms with E-state index in [1.807, 2.05) is 29.8 Å². The van der Waals surface area contributed by atoms with Gasteiger partial charge in [0.05, 0.1) is 25.1 Å². The SMILES string of the molecule is Cc1ccc(CN2CCC3(CC2)COCCN(c2cccnc2)C3)s1.O=C(O)C(F)(F)F.O=C(O)C(F)(F)F. The molecule has 2 fully saturated rings. The lowest BCUT2D eigenvalue weighted by atomic mass is 9.78. The quantitative estimate of drug-likeness (QED) is 0.494. The molecule has 1 spiro atoms. The zero-order chi connectivity index (χ0) is 29.3. The van der Waals surface area contributed by atoms with E-state index in [2.05, 4.69) is 39.9 Å². The summed E-state index contributed by atoms with van der Waals surface area (Å²) in [4.78, 5) is 30.1. The molecular weight excluding hydrogens is 556 g/mol. The maximum atomic E-state index is 10.6. The molecule has 8 nitrogen and oxygen atoms in total. The minimum Gasteiger partial charge on any atom is -0.475 e. The number of aromatic nitrogens is 1. The molecule has 0 bridgehead atoms. The van der Waals surface area contributed by atoms with E-state index in [9.17, 15) is 26.3 Å². The van der Waals surface area contributed by atoms with Crippen LogP contribution in [0.15, 0.2) is 36.7 Å². The van der Waals surface area contributed by atoms with Gasteiger partial charge in [0.15, 0.2) is 0 Å². The third kappa shape index (κ3) is 11.0. The highest BCUT2D eigenvalue weighted by Gasteiger charge is 2.39. The molecule has 0 radical (unpaired) electrons. The Balaban J connectivity index is 0.000000317. The van der Waals surface area contributed by atoms with Crippen LogP contribution in [0.4, 0.5) is 32.0 Å². The molecule has 2 aromatic rings. The molecule has 2 saturated heterocycles. The van der Waals surface area contributed by atoms with Crippen LogP contribution < -0.4 is 4.90 Å². The number of hydrogen-bond donors (Lipinski definition) is 2. The summed E-state index contributed by atoms with van der Waals surface area (Å²) in [5.41, 5.74) is 1.51. The van der Waals surface area contributed by atoms with Gasteiger partial charge in [-0.15, -0.1) is 11.3 Å². The van der Waals surface area contributed by atoms with E-state index in [1.165, 1.54) is 41.4 Å². The number of aliphatic carboxylic acids is 2. The maximum absolute atomic E-state index is 10.6. The van der Waals surface area contributed by atoms with Crippen molar-refractivity contribution >= 4 is 29.0 Å². The Labute approximate surface area is 224 Å². The van der Waals surface area contributed by atoms with Gasteiger partial charge in [-0.1, -0.05) is 0 Å². The molecule has 218 valence electrons. The minimum absolute atomic E-state index is 0.286. The number of halogens is 6. The van der Waals surface area contributed by atoms with Crippen molar-refractivity contribution in [3.05, 3.63) is 46.4 Å². The van der Waals surface area contributed by atoms with Crippen molar-refractivity contribution in [2.75, 3.05) is 44.3 Å². The Morgan fingerprint density at radius 3 is 2.08 bits per heavy atom. The standard InChI is InChI=1S/C20H27N3OS.2C2HF3O2/c1-17-4-5-19(25-17)14-22-9-6-20(7-10-22)15-23(11-12-24-16-20)18-3-2-8-21-13-18;2*3-2(4,5)1(6)7/h2-5,8,13H,6-7,9-12,14-16H2,1H3;2*(H,6,7). The first kappa shape index (κ1) is 32.3. The van der Waals surface area contributed by atoms with Crippen LogP contribution >= 0.6 is 11.3 Å². The topological polar surface area (TPSA) is 103 Å². The number of hydrogen-bond acceptors (Lipinski definition) is 7. The summed E-state index contributed by atoms with van der Waals surface area (Å²) in [6.45, 7) is 9.39. The fourth-order valence-corrected chi connectivity index (χ4v) is 4.97. The fourth-order valence-electron chi connectivity index (χ4n) is 4.03. The molecule has 4 rings (SSSR count). The van der Waals surface area contributed by atoms with Crippen LogP contribution in [0.25, 0.3) is 0 Å². The van der Waals surface area contributed by atoms with Crippen molar-refractivity contribution in [3.63, 3.8) is 0 Å². The van der Waals surface area contributed by atoms with Crippen molar-refractivity contribution in [1.29, 1.82) is 0 Å². The van der Waals surface area contributed by atoms with Crippen molar-refractivity contribution in [2.45, 2.75) is 38.7 Å². The normalized spacial score (nSPS) is 17.8. The molecule has 2 aliphatic rings. The predicted molar refractivity (Wildman–Crippen MR) is 131 cm³/mol. The lowest BCUT2D eigenvalue weighted by Gasteiger charge is -2.43. The average molecular weight is 586 g/mol. The van der Waals surface area contributed by atoms with Gasteiger partial charge in [-0.3, -0.25) is 9.88 Å². The molecule has 2 aromatic heterocycles. The largest absolute Gasteiger partial charge is 0.490 e. The molecule has 0 aromatic carbocycles. The van der Waals surface area contributed by atoms with Crippen LogP contribution in [0, 0.1) is 12.3 Å². The summed E-state index contributed by atoms with van der Waals surface area (Å²) in [6, 6.07) is 8.71. The summed E-state index contributed by atoms with van der Waals surface area (Å²) in [5.74, 6) is -5.51. The van der Waals surface area contributed by atoms with Gasteiger partial charge in [-0.25, -0.2) is 9.59 Å². The molecule has 0 atom stereocenters. The molecule has 0 unspecified atom stereocenters. The summed E-state index contributed by atoms with van der Waals surface area (Å²) < 4.78 is 69.5. The van der Waals surface area contributed by atoms with Gasteiger partial charge >= 0.3 is 24.3 Å². The lowest BCUT2D eigenvalue weighted by Crippen LogP contribution is -2.47. The van der Waals surface area contributed by atoms with Crippen LogP contribution in [-0.4, -0.2) is 83.8 Å². The monoisotopic (exact) mass is 585 g/mol. The number of ether oxygens (including phenoxy) is 1. The summed E-state index contributed by atoms with van der Waals surface area (Å²) in [7, 11) is 0. The number of alkyl halides is 6. The van der Waals surface area contributed by atoms with Crippen LogP contribution in [0.2, 0.25) is 0 Å². The predicted octanol–water partition coefficient (Wildman–Crippen LogP) is 4.84. The highest BCUT2D eigenvalue weighted by atomic mass is 32.1. The number of piperidine rings is 1. The van der Waals surface area contributed by atoms with Crippen molar-refractivity contribution < 1.29 is 50.9 Å².